The lowest BCUT2D eigenvalue weighted by atomic mass is 10.0. The molecule has 0 aliphatic heterocycles. The number of hydrogen-bond donors (Lipinski definition) is 2. The maximum Gasteiger partial charge on any atom is 0.272 e. The number of halogens is 1. The summed E-state index contributed by atoms with van der Waals surface area (Å²) >= 11 is 0. The zero-order valence-electron chi connectivity index (χ0n) is 15.8. The van der Waals surface area contributed by atoms with Gasteiger partial charge < -0.3 is 10.6 Å². The van der Waals surface area contributed by atoms with Gasteiger partial charge in [-0.25, -0.2) is 9.37 Å². The minimum atomic E-state index is -0.468. The van der Waals surface area contributed by atoms with Crippen LogP contribution in [0, 0.1) is 22.9 Å². The molecular weight excluding hydrogens is 375 g/mol. The molecule has 0 fully saturated rings. The van der Waals surface area contributed by atoms with Crippen LogP contribution in [0.3, 0.4) is 0 Å². The largest absolute Gasteiger partial charge is 0.345 e. The second kappa shape index (κ2) is 8.47. The number of nitro groups is 1. The summed E-state index contributed by atoms with van der Waals surface area (Å²) in [5, 5.41) is 16.9. The number of aryl methyl sites for hydroxylation is 1. The van der Waals surface area contributed by atoms with E-state index in [0.29, 0.717) is 16.8 Å². The van der Waals surface area contributed by atoms with Crippen LogP contribution >= 0.6 is 0 Å². The highest BCUT2D eigenvalue weighted by Crippen LogP contribution is 2.24. The lowest BCUT2D eigenvalue weighted by Crippen LogP contribution is -2.27. The predicted octanol–water partition coefficient (Wildman–Crippen LogP) is 4.67. The van der Waals surface area contributed by atoms with Crippen LogP contribution in [-0.4, -0.2) is 15.8 Å². The normalized spacial score (nSPS) is 11.6. The van der Waals surface area contributed by atoms with Crippen LogP contribution in [0.15, 0.2) is 60.8 Å². The Morgan fingerprint density at radius 1 is 1.17 bits per heavy atom. The highest BCUT2D eigenvalue weighted by Gasteiger charge is 2.18. The minimum Gasteiger partial charge on any atom is -0.345 e. The number of amides is 1. The van der Waals surface area contributed by atoms with E-state index in [1.807, 2.05) is 0 Å². The molecule has 2 N–H and O–H groups in total. The first-order valence-electron chi connectivity index (χ1n) is 8.88. The van der Waals surface area contributed by atoms with Crippen LogP contribution in [0.5, 0.6) is 0 Å². The number of benzene rings is 2. The molecule has 3 aromatic rings. The van der Waals surface area contributed by atoms with E-state index in [9.17, 15) is 19.3 Å². The number of nitro benzene ring substituents is 1. The molecule has 8 heteroatoms. The third kappa shape index (κ3) is 4.73. The fourth-order valence-electron chi connectivity index (χ4n) is 2.84. The van der Waals surface area contributed by atoms with Crippen LogP contribution in [0.4, 0.5) is 21.6 Å². The Morgan fingerprint density at radius 3 is 2.69 bits per heavy atom. The van der Waals surface area contributed by atoms with Gasteiger partial charge in [0.15, 0.2) is 0 Å². The minimum absolute atomic E-state index is 0.00145. The average molecular weight is 394 g/mol. The van der Waals surface area contributed by atoms with Crippen molar-refractivity contribution in [3.05, 3.63) is 93.4 Å². The summed E-state index contributed by atoms with van der Waals surface area (Å²) in [7, 11) is 0. The van der Waals surface area contributed by atoms with Crippen molar-refractivity contribution < 1.29 is 14.1 Å². The summed E-state index contributed by atoms with van der Waals surface area (Å²) in [4.78, 5) is 27.7. The van der Waals surface area contributed by atoms with Gasteiger partial charge in [0.2, 0.25) is 0 Å². The van der Waals surface area contributed by atoms with Gasteiger partial charge in [-0.1, -0.05) is 18.2 Å². The fraction of sp³-hybridized carbons (Fsp3) is 0.143. The van der Waals surface area contributed by atoms with Gasteiger partial charge in [0.05, 0.1) is 16.5 Å². The molecule has 1 amide bonds. The molecule has 29 heavy (non-hydrogen) atoms. The van der Waals surface area contributed by atoms with Gasteiger partial charge in [0.1, 0.15) is 11.6 Å². The quantitative estimate of drug-likeness (QED) is 0.468. The van der Waals surface area contributed by atoms with Gasteiger partial charge in [-0.15, -0.1) is 0 Å². The zero-order chi connectivity index (χ0) is 21.0. The highest BCUT2D eigenvalue weighted by atomic mass is 19.1. The van der Waals surface area contributed by atoms with Crippen molar-refractivity contribution in [3.8, 4) is 0 Å². The molecule has 0 spiro atoms. The molecule has 0 aliphatic rings. The van der Waals surface area contributed by atoms with Crippen molar-refractivity contribution >= 4 is 23.1 Å². The monoisotopic (exact) mass is 394 g/mol. The summed E-state index contributed by atoms with van der Waals surface area (Å²) in [5.74, 6) is -0.545. The number of hydrogen-bond acceptors (Lipinski definition) is 5. The van der Waals surface area contributed by atoms with Gasteiger partial charge in [0, 0.05) is 23.5 Å². The number of aromatic nitrogens is 1. The number of nitrogens with zero attached hydrogens (tertiary/aromatic N) is 2. The average Bonchev–Trinajstić information content (AvgIpc) is 2.68. The van der Waals surface area contributed by atoms with Gasteiger partial charge >= 0.3 is 0 Å². The van der Waals surface area contributed by atoms with Crippen molar-refractivity contribution in [1.82, 2.24) is 10.3 Å². The highest BCUT2D eigenvalue weighted by molar-refractivity contribution is 5.99. The summed E-state index contributed by atoms with van der Waals surface area (Å²) in [5.41, 5.74) is 1.88. The predicted molar refractivity (Wildman–Crippen MR) is 108 cm³/mol. The van der Waals surface area contributed by atoms with Crippen LogP contribution < -0.4 is 10.6 Å². The molecule has 148 valence electrons. The third-order valence-electron chi connectivity index (χ3n) is 4.42. The van der Waals surface area contributed by atoms with Crippen LogP contribution in [-0.2, 0) is 0 Å². The molecule has 1 aromatic heterocycles. The first-order valence-corrected chi connectivity index (χ1v) is 8.88. The maximum atomic E-state index is 13.4. The molecular formula is C21H19FN4O3. The topological polar surface area (TPSA) is 97.2 Å². The second-order valence-electron chi connectivity index (χ2n) is 6.53. The van der Waals surface area contributed by atoms with Crippen molar-refractivity contribution in [2.45, 2.75) is 19.9 Å². The van der Waals surface area contributed by atoms with E-state index in [1.165, 1.54) is 24.4 Å². The van der Waals surface area contributed by atoms with Crippen molar-refractivity contribution in [2.24, 2.45) is 0 Å². The van der Waals surface area contributed by atoms with Crippen LogP contribution in [0.1, 0.15) is 34.5 Å². The molecule has 1 heterocycles. The maximum absolute atomic E-state index is 13.4. The van der Waals surface area contributed by atoms with Crippen LogP contribution in [0.25, 0.3) is 0 Å². The molecule has 0 saturated carbocycles. The van der Waals surface area contributed by atoms with E-state index in [-0.39, 0.29) is 17.1 Å². The number of rotatable bonds is 6. The Bertz CT molecular complexity index is 1070. The molecule has 0 saturated heterocycles. The Balaban J connectivity index is 1.81. The Hall–Kier alpha value is -3.81. The summed E-state index contributed by atoms with van der Waals surface area (Å²) < 4.78 is 13.4. The molecule has 0 radical (unpaired) electrons. The summed E-state index contributed by atoms with van der Waals surface area (Å²) in [6, 6.07) is 13.4. The van der Waals surface area contributed by atoms with Crippen molar-refractivity contribution in [1.29, 1.82) is 0 Å². The van der Waals surface area contributed by atoms with Crippen molar-refractivity contribution in [3.63, 3.8) is 0 Å². The van der Waals surface area contributed by atoms with E-state index in [4.69, 9.17) is 0 Å². The third-order valence-corrected chi connectivity index (χ3v) is 4.42. The number of anilines is 2. The number of carbonyl (C=O) groups excluding carboxylic acids is 1. The second-order valence-corrected chi connectivity index (χ2v) is 6.53. The smallest absolute Gasteiger partial charge is 0.272 e. The molecule has 0 aliphatic carbocycles. The lowest BCUT2D eigenvalue weighted by molar-refractivity contribution is -0.385. The molecule has 0 unspecified atom stereocenters. The molecule has 2 aromatic carbocycles. The number of pyridine rings is 1. The van der Waals surface area contributed by atoms with Gasteiger partial charge in [0.25, 0.3) is 11.6 Å². The van der Waals surface area contributed by atoms with Gasteiger partial charge in [-0.2, -0.15) is 0 Å². The van der Waals surface area contributed by atoms with E-state index in [0.717, 1.165) is 0 Å². The standard InChI is InChI=1S/C21H19FN4O3/c1-13-8-9-15(11-19(13)26(28)29)14(2)24-21(27)18-7-4-10-23-20(18)25-17-6-3-5-16(22)12-17/h3-12,14H,1-2H3,(H,23,25)(H,24,27)/t14-/m1/s1. The number of carbonyl (C=O) groups is 1. The Kier molecular flexibility index (Phi) is 5.82. The van der Waals surface area contributed by atoms with Gasteiger partial charge in [-0.3, -0.25) is 14.9 Å². The molecule has 7 nitrogen and oxygen atoms in total. The first-order chi connectivity index (χ1) is 13.8. The molecule has 1 atom stereocenters. The SMILES string of the molecule is Cc1ccc([C@@H](C)NC(=O)c2cccnc2Nc2cccc(F)c2)cc1[N+](=O)[O-]. The Morgan fingerprint density at radius 2 is 1.97 bits per heavy atom. The van der Waals surface area contributed by atoms with E-state index in [2.05, 4.69) is 15.6 Å². The van der Waals surface area contributed by atoms with Crippen LogP contribution in [0.2, 0.25) is 0 Å². The zero-order valence-corrected chi connectivity index (χ0v) is 15.8. The van der Waals surface area contributed by atoms with Gasteiger partial charge in [-0.05, 0) is 49.7 Å². The fourth-order valence-corrected chi connectivity index (χ4v) is 2.84. The Labute approximate surface area is 166 Å². The lowest BCUT2D eigenvalue weighted by Gasteiger charge is -2.16. The van der Waals surface area contributed by atoms with Crippen molar-refractivity contribution in [2.75, 3.05) is 5.32 Å². The first kappa shape index (κ1) is 19.9. The number of nitrogens with one attached hydrogen (secondary N) is 2. The van der Waals surface area contributed by atoms with E-state index < -0.39 is 22.7 Å². The molecule has 0 bridgehead atoms. The van der Waals surface area contributed by atoms with E-state index in [1.54, 1.807) is 50.2 Å². The van der Waals surface area contributed by atoms with E-state index >= 15 is 0 Å². The summed E-state index contributed by atoms with van der Waals surface area (Å²) in [6.45, 7) is 3.40. The molecule has 3 rings (SSSR count). The summed E-state index contributed by atoms with van der Waals surface area (Å²) in [6.07, 6.45) is 1.52.